The Morgan fingerprint density at radius 1 is 1.28 bits per heavy atom. The maximum absolute atomic E-state index is 12.7. The van der Waals surface area contributed by atoms with Gasteiger partial charge in [0.1, 0.15) is 5.00 Å². The summed E-state index contributed by atoms with van der Waals surface area (Å²) in [5.41, 5.74) is 9.43. The third-order valence-corrected chi connectivity index (χ3v) is 6.54. The molecule has 3 rings (SSSR count). The number of aryl methyl sites for hydroxylation is 2. The van der Waals surface area contributed by atoms with Crippen LogP contribution >= 0.6 is 11.3 Å². The third-order valence-electron chi connectivity index (χ3n) is 5.47. The summed E-state index contributed by atoms with van der Waals surface area (Å²) < 4.78 is 0. The minimum Gasteiger partial charge on any atom is -0.366 e. The fraction of sp³-hybridized carbons (Fsp3) is 0.455. The van der Waals surface area contributed by atoms with E-state index in [1.807, 2.05) is 13.8 Å². The third kappa shape index (κ3) is 4.79. The summed E-state index contributed by atoms with van der Waals surface area (Å²) in [4.78, 5) is 30.1. The summed E-state index contributed by atoms with van der Waals surface area (Å²) in [7, 11) is 0. The first-order valence-electron chi connectivity index (χ1n) is 10.1. The number of benzene rings is 1. The maximum Gasteiger partial charge on any atom is 0.251 e. The molecule has 29 heavy (non-hydrogen) atoms. The van der Waals surface area contributed by atoms with E-state index in [0.29, 0.717) is 23.2 Å². The highest BCUT2D eigenvalue weighted by atomic mass is 32.1. The van der Waals surface area contributed by atoms with E-state index < -0.39 is 5.91 Å². The SMILES string of the molecule is CCc1c(C)sc(NC(=O)CN2CCN(c3cccc(C)c3)[C@H](C)C2)c1C(N)=O. The van der Waals surface area contributed by atoms with Gasteiger partial charge in [0.25, 0.3) is 5.91 Å². The molecule has 0 unspecified atom stereocenters. The lowest BCUT2D eigenvalue weighted by Gasteiger charge is -2.41. The second-order valence-electron chi connectivity index (χ2n) is 7.72. The zero-order chi connectivity index (χ0) is 21.1. The Hall–Kier alpha value is -2.38. The Labute approximate surface area is 176 Å². The van der Waals surface area contributed by atoms with Crippen molar-refractivity contribution in [1.29, 1.82) is 0 Å². The monoisotopic (exact) mass is 414 g/mol. The van der Waals surface area contributed by atoms with E-state index in [-0.39, 0.29) is 5.91 Å². The fourth-order valence-electron chi connectivity index (χ4n) is 4.09. The van der Waals surface area contributed by atoms with Crippen LogP contribution in [0.1, 0.15) is 40.2 Å². The molecular formula is C22H30N4O2S. The van der Waals surface area contributed by atoms with Gasteiger partial charge in [-0.25, -0.2) is 0 Å². The van der Waals surface area contributed by atoms with Crippen molar-refractivity contribution < 1.29 is 9.59 Å². The number of carbonyl (C=O) groups excluding carboxylic acids is 2. The number of hydrogen-bond donors (Lipinski definition) is 2. The minimum atomic E-state index is -0.484. The lowest BCUT2D eigenvalue weighted by Crippen LogP contribution is -2.53. The largest absolute Gasteiger partial charge is 0.366 e. The number of primary amides is 1. The molecule has 1 aromatic carbocycles. The molecule has 3 N–H and O–H groups in total. The number of carbonyl (C=O) groups is 2. The summed E-state index contributed by atoms with van der Waals surface area (Å²) in [6.07, 6.45) is 0.717. The van der Waals surface area contributed by atoms with Gasteiger partial charge in [0, 0.05) is 36.2 Å². The summed E-state index contributed by atoms with van der Waals surface area (Å²) in [5.74, 6) is -0.588. The minimum absolute atomic E-state index is 0.104. The number of anilines is 2. The molecule has 1 saturated heterocycles. The average molecular weight is 415 g/mol. The summed E-state index contributed by atoms with van der Waals surface area (Å²) in [6, 6.07) is 8.85. The molecule has 1 aliphatic heterocycles. The number of piperazine rings is 1. The molecule has 0 aliphatic carbocycles. The van der Waals surface area contributed by atoms with Crippen LogP contribution < -0.4 is 16.0 Å². The van der Waals surface area contributed by atoms with Crippen LogP contribution in [0.3, 0.4) is 0 Å². The van der Waals surface area contributed by atoms with Crippen LogP contribution in [-0.4, -0.2) is 48.9 Å². The summed E-state index contributed by atoms with van der Waals surface area (Å²) in [6.45, 7) is 11.1. The van der Waals surface area contributed by atoms with E-state index >= 15 is 0 Å². The highest BCUT2D eigenvalue weighted by Gasteiger charge is 2.26. The normalized spacial score (nSPS) is 17.4. The van der Waals surface area contributed by atoms with E-state index in [1.165, 1.54) is 22.6 Å². The fourth-order valence-corrected chi connectivity index (χ4v) is 5.26. The molecule has 0 bridgehead atoms. The predicted octanol–water partition coefficient (Wildman–Crippen LogP) is 3.18. The van der Waals surface area contributed by atoms with E-state index in [2.05, 4.69) is 53.2 Å². The lowest BCUT2D eigenvalue weighted by atomic mass is 10.1. The Bertz CT molecular complexity index is 908. The van der Waals surface area contributed by atoms with Crippen molar-refractivity contribution in [3.05, 3.63) is 45.8 Å². The van der Waals surface area contributed by atoms with Gasteiger partial charge >= 0.3 is 0 Å². The van der Waals surface area contributed by atoms with Crippen molar-refractivity contribution >= 4 is 33.8 Å². The first kappa shape index (κ1) is 21.3. The molecule has 6 nitrogen and oxygen atoms in total. The number of hydrogen-bond acceptors (Lipinski definition) is 5. The molecule has 7 heteroatoms. The van der Waals surface area contributed by atoms with Gasteiger partial charge < -0.3 is 16.0 Å². The summed E-state index contributed by atoms with van der Waals surface area (Å²) in [5, 5.41) is 3.50. The molecule has 1 aromatic heterocycles. The van der Waals surface area contributed by atoms with Crippen molar-refractivity contribution in [1.82, 2.24) is 4.90 Å². The quantitative estimate of drug-likeness (QED) is 0.761. The predicted molar refractivity (Wildman–Crippen MR) is 120 cm³/mol. The number of amides is 2. The van der Waals surface area contributed by atoms with Gasteiger partial charge in [-0.3, -0.25) is 14.5 Å². The molecule has 1 aliphatic rings. The smallest absolute Gasteiger partial charge is 0.251 e. The van der Waals surface area contributed by atoms with Crippen LogP contribution in [-0.2, 0) is 11.2 Å². The Balaban J connectivity index is 1.62. The number of nitrogens with two attached hydrogens (primary N) is 1. The first-order valence-corrected chi connectivity index (χ1v) is 10.9. The molecule has 2 amide bonds. The average Bonchev–Trinajstić information content (AvgIpc) is 2.96. The van der Waals surface area contributed by atoms with E-state index in [9.17, 15) is 9.59 Å². The van der Waals surface area contributed by atoms with Gasteiger partial charge in [-0.2, -0.15) is 0 Å². The lowest BCUT2D eigenvalue weighted by molar-refractivity contribution is -0.117. The molecule has 0 spiro atoms. The highest BCUT2D eigenvalue weighted by Crippen LogP contribution is 2.33. The number of thiophene rings is 1. The van der Waals surface area contributed by atoms with Crippen molar-refractivity contribution in [2.45, 2.75) is 40.2 Å². The van der Waals surface area contributed by atoms with Crippen LogP contribution in [0.15, 0.2) is 24.3 Å². The Kier molecular flexibility index (Phi) is 6.59. The zero-order valence-electron chi connectivity index (χ0n) is 17.6. The second-order valence-corrected chi connectivity index (χ2v) is 8.95. The molecule has 1 fully saturated rings. The Morgan fingerprint density at radius 3 is 2.66 bits per heavy atom. The van der Waals surface area contributed by atoms with Crippen molar-refractivity contribution in [3.63, 3.8) is 0 Å². The van der Waals surface area contributed by atoms with E-state index in [1.54, 1.807) is 0 Å². The van der Waals surface area contributed by atoms with Crippen LogP contribution in [0, 0.1) is 13.8 Å². The second kappa shape index (κ2) is 8.97. The van der Waals surface area contributed by atoms with Gasteiger partial charge in [0.15, 0.2) is 0 Å². The van der Waals surface area contributed by atoms with Crippen LogP contribution in [0.2, 0.25) is 0 Å². The van der Waals surface area contributed by atoms with Crippen molar-refractivity contribution in [3.8, 4) is 0 Å². The number of rotatable bonds is 6. The van der Waals surface area contributed by atoms with Gasteiger partial charge in [-0.05, 0) is 50.5 Å². The number of nitrogens with one attached hydrogen (secondary N) is 1. The van der Waals surface area contributed by atoms with Crippen molar-refractivity contribution in [2.75, 3.05) is 36.4 Å². The van der Waals surface area contributed by atoms with Gasteiger partial charge in [0.05, 0.1) is 12.1 Å². The molecule has 0 radical (unpaired) electrons. The number of nitrogens with zero attached hydrogens (tertiary/aromatic N) is 2. The van der Waals surface area contributed by atoms with Crippen LogP contribution in [0.25, 0.3) is 0 Å². The van der Waals surface area contributed by atoms with Crippen molar-refractivity contribution in [2.24, 2.45) is 5.73 Å². The van der Waals surface area contributed by atoms with Gasteiger partial charge in [-0.1, -0.05) is 19.1 Å². The maximum atomic E-state index is 12.7. The molecule has 1 atom stereocenters. The van der Waals surface area contributed by atoms with Gasteiger partial charge in [-0.15, -0.1) is 11.3 Å². The van der Waals surface area contributed by atoms with E-state index in [0.717, 1.165) is 36.5 Å². The summed E-state index contributed by atoms with van der Waals surface area (Å²) >= 11 is 1.42. The Morgan fingerprint density at radius 2 is 2.03 bits per heavy atom. The standard InChI is InChI=1S/C22H30N4O2S/c1-5-18-16(4)29-22(20(18)21(23)28)24-19(27)13-25-9-10-26(15(3)12-25)17-8-6-7-14(2)11-17/h6-8,11,15H,5,9-10,12-13H2,1-4H3,(H2,23,28)(H,24,27)/t15-/m1/s1. The van der Waals surface area contributed by atoms with Crippen LogP contribution in [0.4, 0.5) is 10.7 Å². The molecule has 2 heterocycles. The first-order chi connectivity index (χ1) is 13.8. The van der Waals surface area contributed by atoms with E-state index in [4.69, 9.17) is 5.73 Å². The highest BCUT2D eigenvalue weighted by molar-refractivity contribution is 7.16. The molecule has 156 valence electrons. The van der Waals surface area contributed by atoms with Gasteiger partial charge in [0.2, 0.25) is 5.91 Å². The molecular weight excluding hydrogens is 384 g/mol. The molecule has 2 aromatic rings. The van der Waals surface area contributed by atoms with Crippen LogP contribution in [0.5, 0.6) is 0 Å². The molecule has 0 saturated carbocycles. The topological polar surface area (TPSA) is 78.7 Å². The zero-order valence-corrected chi connectivity index (χ0v) is 18.4.